The van der Waals surface area contributed by atoms with Crippen LogP contribution in [0.2, 0.25) is 0 Å². The number of rotatable bonds is 7. The zero-order valence-electron chi connectivity index (χ0n) is 16.8. The Bertz CT molecular complexity index is 939. The summed E-state index contributed by atoms with van der Waals surface area (Å²) in [4.78, 5) is 16.8. The number of nitrogens with one attached hydrogen (secondary N) is 1. The van der Waals surface area contributed by atoms with E-state index < -0.39 is 10.0 Å². The average molecular weight is 418 g/mol. The van der Waals surface area contributed by atoms with E-state index in [9.17, 15) is 13.2 Å². The number of benzene rings is 1. The van der Waals surface area contributed by atoms with E-state index in [0.717, 1.165) is 25.7 Å². The molecule has 0 saturated heterocycles. The summed E-state index contributed by atoms with van der Waals surface area (Å²) in [6, 6.07) is 9.58. The molecule has 1 aliphatic carbocycles. The molecule has 1 amide bonds. The highest BCUT2D eigenvalue weighted by Crippen LogP contribution is 2.27. The maximum Gasteiger partial charge on any atom is 0.261 e. The van der Waals surface area contributed by atoms with Crippen molar-refractivity contribution in [3.63, 3.8) is 0 Å². The molecule has 1 saturated carbocycles. The van der Waals surface area contributed by atoms with Crippen molar-refractivity contribution in [1.29, 1.82) is 0 Å². The molecule has 2 aromatic rings. The number of amides is 1. The third-order valence-corrected chi connectivity index (χ3v) is 7.10. The molecule has 29 heavy (non-hydrogen) atoms. The minimum atomic E-state index is -3.56. The number of hydrogen-bond acceptors (Lipinski definition) is 5. The second kappa shape index (κ2) is 9.37. The minimum absolute atomic E-state index is 0.0516. The van der Waals surface area contributed by atoms with Crippen molar-refractivity contribution in [2.24, 2.45) is 0 Å². The van der Waals surface area contributed by atoms with Crippen LogP contribution in [0.25, 0.3) is 0 Å². The standard InChI is InChI=1S/C21H27N3O4S/c1-3-28-21-19(10-7-15-22-21)20(25)23-16-11-13-18(14-12-16)29(26,27)24(2)17-8-5-4-6-9-17/h7,10-15,17H,3-6,8-9H2,1-2H3,(H,23,25). The van der Waals surface area contributed by atoms with Crippen LogP contribution in [0, 0.1) is 0 Å². The number of carbonyl (C=O) groups is 1. The Hall–Kier alpha value is -2.45. The van der Waals surface area contributed by atoms with E-state index in [2.05, 4.69) is 10.3 Å². The minimum Gasteiger partial charge on any atom is -0.477 e. The zero-order valence-corrected chi connectivity index (χ0v) is 17.6. The SMILES string of the molecule is CCOc1ncccc1C(=O)Nc1ccc(S(=O)(=O)N(C)C2CCCCC2)cc1. The summed E-state index contributed by atoms with van der Waals surface area (Å²) in [5.41, 5.74) is 0.823. The zero-order chi connectivity index (χ0) is 20.9. The second-order valence-corrected chi connectivity index (χ2v) is 9.08. The number of sulfonamides is 1. The van der Waals surface area contributed by atoms with Crippen molar-refractivity contribution in [2.45, 2.75) is 50.0 Å². The lowest BCUT2D eigenvalue weighted by Gasteiger charge is -2.30. The predicted molar refractivity (Wildman–Crippen MR) is 112 cm³/mol. The summed E-state index contributed by atoms with van der Waals surface area (Å²) in [7, 11) is -1.91. The average Bonchev–Trinajstić information content (AvgIpc) is 2.75. The molecule has 1 aromatic heterocycles. The Morgan fingerprint density at radius 2 is 1.86 bits per heavy atom. The summed E-state index contributed by atoms with van der Waals surface area (Å²) < 4.78 is 32.7. The Kier molecular flexibility index (Phi) is 6.87. The van der Waals surface area contributed by atoms with Crippen molar-refractivity contribution >= 4 is 21.6 Å². The highest BCUT2D eigenvalue weighted by molar-refractivity contribution is 7.89. The van der Waals surface area contributed by atoms with E-state index in [0.29, 0.717) is 17.9 Å². The Balaban J connectivity index is 1.72. The van der Waals surface area contributed by atoms with E-state index in [-0.39, 0.29) is 22.7 Å². The van der Waals surface area contributed by atoms with Crippen LogP contribution in [0.3, 0.4) is 0 Å². The van der Waals surface area contributed by atoms with Crippen LogP contribution in [0.4, 0.5) is 5.69 Å². The lowest BCUT2D eigenvalue weighted by Crippen LogP contribution is -2.38. The summed E-state index contributed by atoms with van der Waals surface area (Å²) in [6.07, 6.45) is 6.65. The van der Waals surface area contributed by atoms with Gasteiger partial charge in [0.1, 0.15) is 5.56 Å². The molecule has 7 nitrogen and oxygen atoms in total. The maximum atomic E-state index is 12.9. The van der Waals surface area contributed by atoms with Gasteiger partial charge in [-0.05, 0) is 56.2 Å². The van der Waals surface area contributed by atoms with Crippen LogP contribution >= 0.6 is 0 Å². The van der Waals surface area contributed by atoms with E-state index >= 15 is 0 Å². The molecule has 0 unspecified atom stereocenters. The van der Waals surface area contributed by atoms with Gasteiger partial charge in [-0.25, -0.2) is 13.4 Å². The fourth-order valence-electron chi connectivity index (χ4n) is 3.53. The van der Waals surface area contributed by atoms with Gasteiger partial charge < -0.3 is 10.1 Å². The maximum absolute atomic E-state index is 12.9. The molecule has 0 atom stereocenters. The lowest BCUT2D eigenvalue weighted by molar-refractivity contribution is 0.102. The number of pyridine rings is 1. The molecule has 1 N–H and O–H groups in total. The molecule has 0 spiro atoms. The van der Waals surface area contributed by atoms with Gasteiger partial charge in [0, 0.05) is 25.0 Å². The van der Waals surface area contributed by atoms with Crippen LogP contribution in [0.5, 0.6) is 5.88 Å². The summed E-state index contributed by atoms with van der Waals surface area (Å²) in [6.45, 7) is 2.22. The third kappa shape index (κ3) is 4.94. The normalized spacial score (nSPS) is 15.3. The number of hydrogen-bond donors (Lipinski definition) is 1. The highest BCUT2D eigenvalue weighted by Gasteiger charge is 2.29. The van der Waals surface area contributed by atoms with Crippen molar-refractivity contribution in [3.8, 4) is 5.88 Å². The Labute approximate surface area is 172 Å². The first kappa shape index (κ1) is 21.3. The number of ether oxygens (including phenoxy) is 1. The first-order valence-corrected chi connectivity index (χ1v) is 11.3. The number of carbonyl (C=O) groups excluding carboxylic acids is 1. The largest absolute Gasteiger partial charge is 0.477 e. The van der Waals surface area contributed by atoms with Crippen molar-refractivity contribution in [1.82, 2.24) is 9.29 Å². The summed E-state index contributed by atoms with van der Waals surface area (Å²) in [5.74, 6) is -0.0997. The van der Waals surface area contributed by atoms with E-state index in [1.165, 1.54) is 22.9 Å². The van der Waals surface area contributed by atoms with Gasteiger partial charge in [0.25, 0.3) is 5.91 Å². The highest BCUT2D eigenvalue weighted by atomic mass is 32.2. The second-order valence-electron chi connectivity index (χ2n) is 7.08. The number of nitrogens with zero attached hydrogens (tertiary/aromatic N) is 2. The molecule has 3 rings (SSSR count). The van der Waals surface area contributed by atoms with Gasteiger partial charge >= 0.3 is 0 Å². The van der Waals surface area contributed by atoms with Gasteiger partial charge in [-0.1, -0.05) is 19.3 Å². The topological polar surface area (TPSA) is 88.6 Å². The molecule has 0 aliphatic heterocycles. The van der Waals surface area contributed by atoms with Gasteiger partial charge in [0.2, 0.25) is 15.9 Å². The van der Waals surface area contributed by atoms with Crippen molar-refractivity contribution in [2.75, 3.05) is 19.0 Å². The monoisotopic (exact) mass is 417 g/mol. The molecule has 0 radical (unpaired) electrons. The smallest absolute Gasteiger partial charge is 0.261 e. The van der Waals surface area contributed by atoms with Crippen LogP contribution in [-0.4, -0.2) is 43.3 Å². The van der Waals surface area contributed by atoms with E-state index in [1.807, 2.05) is 6.92 Å². The first-order valence-electron chi connectivity index (χ1n) is 9.90. The van der Waals surface area contributed by atoms with Crippen molar-refractivity contribution in [3.05, 3.63) is 48.2 Å². The Morgan fingerprint density at radius 1 is 1.17 bits per heavy atom. The van der Waals surface area contributed by atoms with Crippen LogP contribution in [0.15, 0.2) is 47.5 Å². The molecule has 1 heterocycles. The van der Waals surface area contributed by atoms with Gasteiger partial charge in [0.15, 0.2) is 0 Å². The van der Waals surface area contributed by atoms with Gasteiger partial charge in [-0.3, -0.25) is 4.79 Å². The molecule has 1 aliphatic rings. The third-order valence-electron chi connectivity index (χ3n) is 5.17. The molecule has 8 heteroatoms. The predicted octanol–water partition coefficient (Wildman–Crippen LogP) is 3.69. The van der Waals surface area contributed by atoms with E-state index in [1.54, 1.807) is 37.5 Å². The van der Waals surface area contributed by atoms with Crippen molar-refractivity contribution < 1.29 is 17.9 Å². The Morgan fingerprint density at radius 3 is 2.52 bits per heavy atom. The first-order chi connectivity index (χ1) is 13.9. The molecular weight excluding hydrogens is 390 g/mol. The quantitative estimate of drug-likeness (QED) is 0.742. The number of aromatic nitrogens is 1. The molecule has 0 bridgehead atoms. The van der Waals surface area contributed by atoms with Crippen LogP contribution < -0.4 is 10.1 Å². The molecule has 1 aromatic carbocycles. The fraction of sp³-hybridized carbons (Fsp3) is 0.429. The molecule has 1 fully saturated rings. The van der Waals surface area contributed by atoms with Gasteiger partial charge in [0.05, 0.1) is 11.5 Å². The fourth-order valence-corrected chi connectivity index (χ4v) is 4.95. The number of anilines is 1. The summed E-state index contributed by atoms with van der Waals surface area (Å²) >= 11 is 0. The van der Waals surface area contributed by atoms with Gasteiger partial charge in [-0.2, -0.15) is 4.31 Å². The molecular formula is C21H27N3O4S. The molecule has 156 valence electrons. The summed E-state index contributed by atoms with van der Waals surface area (Å²) in [5, 5.41) is 2.76. The van der Waals surface area contributed by atoms with Gasteiger partial charge in [-0.15, -0.1) is 0 Å². The van der Waals surface area contributed by atoms with Crippen LogP contribution in [-0.2, 0) is 10.0 Å². The van der Waals surface area contributed by atoms with E-state index in [4.69, 9.17) is 4.74 Å². The lowest BCUT2D eigenvalue weighted by atomic mass is 9.96. The van der Waals surface area contributed by atoms with Crippen LogP contribution in [0.1, 0.15) is 49.4 Å².